The average Bonchev–Trinajstić information content (AvgIpc) is 2.26. The molecule has 0 aliphatic heterocycles. The molecule has 17 heavy (non-hydrogen) atoms. The normalized spacial score (nSPS) is 10.8. The second-order valence-corrected chi connectivity index (χ2v) is 4.43. The number of hydrogen-bond acceptors (Lipinski definition) is 3. The molecule has 96 valence electrons. The molecule has 0 bridgehead atoms. The van der Waals surface area contributed by atoms with E-state index in [4.69, 9.17) is 32.7 Å². The predicted molar refractivity (Wildman–Crippen MR) is 70.9 cm³/mol. The van der Waals surface area contributed by atoms with E-state index in [1.165, 1.54) is 0 Å². The number of methoxy groups -OCH3 is 1. The van der Waals surface area contributed by atoms with E-state index in [1.807, 2.05) is 12.1 Å². The van der Waals surface area contributed by atoms with Crippen molar-refractivity contribution in [1.82, 2.24) is 5.32 Å². The van der Waals surface area contributed by atoms with Crippen molar-refractivity contribution in [2.75, 3.05) is 33.5 Å². The second kappa shape index (κ2) is 8.72. The van der Waals surface area contributed by atoms with Crippen LogP contribution in [0, 0.1) is 0 Å². The van der Waals surface area contributed by atoms with Crippen LogP contribution < -0.4 is 5.32 Å². The molecule has 0 atom stereocenters. The van der Waals surface area contributed by atoms with Crippen LogP contribution in [0.3, 0.4) is 0 Å². The summed E-state index contributed by atoms with van der Waals surface area (Å²) in [6, 6.07) is 5.51. The van der Waals surface area contributed by atoms with Gasteiger partial charge in [0, 0.05) is 30.2 Å². The van der Waals surface area contributed by atoms with Gasteiger partial charge in [-0.3, -0.25) is 0 Å². The summed E-state index contributed by atoms with van der Waals surface area (Å²) in [6.45, 7) is 3.44. The fraction of sp³-hybridized carbons (Fsp3) is 0.500. The summed E-state index contributed by atoms with van der Waals surface area (Å²) in [5, 5.41) is 4.57. The number of nitrogens with one attached hydrogen (secondary N) is 1. The highest BCUT2D eigenvalue weighted by atomic mass is 35.5. The first kappa shape index (κ1) is 14.7. The summed E-state index contributed by atoms with van der Waals surface area (Å²) in [5.74, 6) is 0. The molecule has 1 aromatic rings. The summed E-state index contributed by atoms with van der Waals surface area (Å²) in [7, 11) is 1.66. The maximum Gasteiger partial charge on any atom is 0.0700 e. The third-order valence-corrected chi connectivity index (χ3v) is 2.54. The van der Waals surface area contributed by atoms with Crippen LogP contribution >= 0.6 is 23.2 Å². The van der Waals surface area contributed by atoms with Crippen LogP contribution in [0.15, 0.2) is 18.2 Å². The Labute approximate surface area is 112 Å². The topological polar surface area (TPSA) is 30.5 Å². The van der Waals surface area contributed by atoms with Crippen LogP contribution in [0.2, 0.25) is 10.0 Å². The lowest BCUT2D eigenvalue weighted by atomic mass is 10.2. The van der Waals surface area contributed by atoms with Gasteiger partial charge in [-0.2, -0.15) is 0 Å². The van der Waals surface area contributed by atoms with E-state index in [0.29, 0.717) is 29.9 Å². The quantitative estimate of drug-likeness (QED) is 0.742. The summed E-state index contributed by atoms with van der Waals surface area (Å²) in [6.07, 6.45) is 0. The first-order valence-electron chi connectivity index (χ1n) is 5.44. The lowest BCUT2D eigenvalue weighted by molar-refractivity contribution is 0.0719. The summed E-state index contributed by atoms with van der Waals surface area (Å²) in [4.78, 5) is 0. The van der Waals surface area contributed by atoms with Crippen molar-refractivity contribution >= 4 is 23.2 Å². The zero-order valence-corrected chi connectivity index (χ0v) is 11.4. The Morgan fingerprint density at radius 3 is 2.41 bits per heavy atom. The summed E-state index contributed by atoms with van der Waals surface area (Å²) >= 11 is 11.8. The zero-order chi connectivity index (χ0) is 12.5. The van der Waals surface area contributed by atoms with Gasteiger partial charge in [0.05, 0.1) is 19.8 Å². The highest BCUT2D eigenvalue weighted by molar-refractivity contribution is 6.34. The van der Waals surface area contributed by atoms with Gasteiger partial charge in [-0.15, -0.1) is 0 Å². The molecular weight excluding hydrogens is 261 g/mol. The lowest BCUT2D eigenvalue weighted by Crippen LogP contribution is -2.20. The summed E-state index contributed by atoms with van der Waals surface area (Å²) < 4.78 is 10.2. The van der Waals surface area contributed by atoms with Crippen molar-refractivity contribution in [3.05, 3.63) is 33.8 Å². The molecule has 0 spiro atoms. The van der Waals surface area contributed by atoms with E-state index in [0.717, 1.165) is 18.7 Å². The number of halogens is 2. The zero-order valence-electron chi connectivity index (χ0n) is 9.84. The van der Waals surface area contributed by atoms with E-state index in [-0.39, 0.29) is 0 Å². The number of ether oxygens (including phenoxy) is 2. The molecule has 0 unspecified atom stereocenters. The molecular formula is C12H17Cl2NO2. The van der Waals surface area contributed by atoms with Crippen molar-refractivity contribution in [2.24, 2.45) is 0 Å². The van der Waals surface area contributed by atoms with Gasteiger partial charge in [-0.1, -0.05) is 23.2 Å². The molecule has 1 aromatic carbocycles. The maximum atomic E-state index is 5.90. The van der Waals surface area contributed by atoms with Crippen LogP contribution in [0.5, 0.6) is 0 Å². The summed E-state index contributed by atoms with van der Waals surface area (Å²) in [5.41, 5.74) is 1.07. The monoisotopic (exact) mass is 277 g/mol. The van der Waals surface area contributed by atoms with Gasteiger partial charge in [-0.05, 0) is 23.8 Å². The van der Waals surface area contributed by atoms with Crippen molar-refractivity contribution in [3.63, 3.8) is 0 Å². The van der Waals surface area contributed by atoms with Crippen molar-refractivity contribution < 1.29 is 9.47 Å². The van der Waals surface area contributed by atoms with Crippen LogP contribution in [0.1, 0.15) is 5.56 Å². The average molecular weight is 278 g/mol. The van der Waals surface area contributed by atoms with E-state index < -0.39 is 0 Å². The molecule has 1 rings (SSSR count). The molecule has 0 fully saturated rings. The minimum atomic E-state index is 0.626. The first-order chi connectivity index (χ1) is 8.22. The van der Waals surface area contributed by atoms with Gasteiger partial charge in [0.2, 0.25) is 0 Å². The molecule has 0 saturated carbocycles. The third-order valence-electron chi connectivity index (χ3n) is 2.11. The minimum Gasteiger partial charge on any atom is -0.382 e. The molecule has 0 amide bonds. The Balaban J connectivity index is 2.13. The molecule has 1 N–H and O–H groups in total. The minimum absolute atomic E-state index is 0.626. The maximum absolute atomic E-state index is 5.90. The third kappa shape index (κ3) is 6.86. The Morgan fingerprint density at radius 2 is 1.76 bits per heavy atom. The SMILES string of the molecule is COCCOCCNCc1cc(Cl)cc(Cl)c1. The fourth-order valence-corrected chi connectivity index (χ4v) is 1.91. The van der Waals surface area contributed by atoms with Crippen LogP contribution in [0.25, 0.3) is 0 Å². The molecule has 0 radical (unpaired) electrons. The van der Waals surface area contributed by atoms with E-state index in [1.54, 1.807) is 13.2 Å². The van der Waals surface area contributed by atoms with Crippen molar-refractivity contribution in [2.45, 2.75) is 6.54 Å². The molecule has 3 nitrogen and oxygen atoms in total. The van der Waals surface area contributed by atoms with E-state index >= 15 is 0 Å². The largest absolute Gasteiger partial charge is 0.382 e. The van der Waals surface area contributed by atoms with E-state index in [2.05, 4.69) is 5.32 Å². The number of benzene rings is 1. The van der Waals surface area contributed by atoms with Crippen LogP contribution in [0.4, 0.5) is 0 Å². The lowest BCUT2D eigenvalue weighted by Gasteiger charge is -2.07. The van der Waals surface area contributed by atoms with Crippen LogP contribution in [-0.2, 0) is 16.0 Å². The predicted octanol–water partition coefficient (Wildman–Crippen LogP) is 2.75. The number of hydrogen-bond donors (Lipinski definition) is 1. The molecule has 0 aromatic heterocycles. The molecule has 0 aliphatic carbocycles. The highest BCUT2D eigenvalue weighted by Gasteiger charge is 1.97. The Bertz CT molecular complexity index is 314. The van der Waals surface area contributed by atoms with Gasteiger partial charge in [-0.25, -0.2) is 0 Å². The van der Waals surface area contributed by atoms with Gasteiger partial charge in [0.1, 0.15) is 0 Å². The van der Waals surface area contributed by atoms with Crippen molar-refractivity contribution in [3.8, 4) is 0 Å². The molecule has 0 heterocycles. The van der Waals surface area contributed by atoms with Crippen LogP contribution in [-0.4, -0.2) is 33.5 Å². The number of rotatable bonds is 8. The Morgan fingerprint density at radius 1 is 1.06 bits per heavy atom. The standard InChI is InChI=1S/C12H17Cl2NO2/c1-16-4-5-17-3-2-15-9-10-6-11(13)8-12(14)7-10/h6-8,15H,2-5,9H2,1H3. The fourth-order valence-electron chi connectivity index (χ4n) is 1.33. The smallest absolute Gasteiger partial charge is 0.0700 e. The second-order valence-electron chi connectivity index (χ2n) is 3.56. The molecule has 0 saturated heterocycles. The highest BCUT2D eigenvalue weighted by Crippen LogP contribution is 2.18. The van der Waals surface area contributed by atoms with Gasteiger partial charge in [0.15, 0.2) is 0 Å². The Kier molecular flexibility index (Phi) is 7.56. The Hall–Kier alpha value is -0.320. The van der Waals surface area contributed by atoms with Gasteiger partial charge >= 0.3 is 0 Å². The molecule has 5 heteroatoms. The molecule has 0 aliphatic rings. The van der Waals surface area contributed by atoms with Crippen molar-refractivity contribution in [1.29, 1.82) is 0 Å². The first-order valence-corrected chi connectivity index (χ1v) is 6.20. The van der Waals surface area contributed by atoms with Gasteiger partial charge < -0.3 is 14.8 Å². The van der Waals surface area contributed by atoms with Gasteiger partial charge in [0.25, 0.3) is 0 Å². The van der Waals surface area contributed by atoms with E-state index in [9.17, 15) is 0 Å².